The van der Waals surface area contributed by atoms with E-state index in [1.54, 1.807) is 25.2 Å². The highest BCUT2D eigenvalue weighted by molar-refractivity contribution is 5.82. The number of hydrogen-bond acceptors (Lipinski definition) is 6. The van der Waals surface area contributed by atoms with E-state index in [1.807, 2.05) is 0 Å². The minimum atomic E-state index is -3.63. The fourth-order valence-electron chi connectivity index (χ4n) is 3.68. The van der Waals surface area contributed by atoms with Crippen molar-refractivity contribution < 1.29 is 22.7 Å². The molecule has 1 aliphatic rings. The van der Waals surface area contributed by atoms with E-state index in [1.165, 1.54) is 34.9 Å². The van der Waals surface area contributed by atoms with Gasteiger partial charge < -0.3 is 19.8 Å². The minimum Gasteiger partial charge on any atom is -0.408 e. The van der Waals surface area contributed by atoms with Crippen LogP contribution in [-0.2, 0) is 22.5 Å². The van der Waals surface area contributed by atoms with Crippen molar-refractivity contribution in [1.29, 1.82) is 5.26 Å². The number of halogens is 2. The average molecular weight is 456 g/mol. The molecular weight excluding hydrogens is 434 g/mol. The Kier molecular flexibility index (Phi) is 6.26. The summed E-state index contributed by atoms with van der Waals surface area (Å²) in [6, 6.07) is 9.96. The molecule has 4 rings (SSSR count). The monoisotopic (exact) mass is 456 g/mol. The van der Waals surface area contributed by atoms with Gasteiger partial charge in [-0.3, -0.25) is 9.36 Å². The Morgan fingerprint density at radius 3 is 2.73 bits per heavy atom. The Labute approximate surface area is 187 Å². The maximum absolute atomic E-state index is 15.1. The molecule has 1 amide bonds. The van der Waals surface area contributed by atoms with Gasteiger partial charge >= 0.3 is 11.7 Å². The zero-order chi connectivity index (χ0) is 23.6. The number of carbonyl (C=O) groups is 1. The number of nitriles is 1. The molecule has 0 unspecified atom stereocenters. The van der Waals surface area contributed by atoms with Crippen molar-refractivity contribution in [3.8, 4) is 17.2 Å². The number of oxazole rings is 1. The van der Waals surface area contributed by atoms with E-state index in [-0.39, 0.29) is 6.54 Å². The van der Waals surface area contributed by atoms with Gasteiger partial charge in [0.2, 0.25) is 0 Å². The second-order valence-corrected chi connectivity index (χ2v) is 7.80. The van der Waals surface area contributed by atoms with Gasteiger partial charge in [-0.05, 0) is 36.2 Å². The fraction of sp³-hybridized carbons (Fsp3) is 0.348. The second-order valence-electron chi connectivity index (χ2n) is 7.80. The zero-order valence-corrected chi connectivity index (χ0v) is 17.8. The number of hydrogen-bond donors (Lipinski definition) is 2. The zero-order valence-electron chi connectivity index (χ0n) is 17.8. The van der Waals surface area contributed by atoms with E-state index < -0.39 is 35.3 Å². The maximum Gasteiger partial charge on any atom is 0.419 e. The van der Waals surface area contributed by atoms with E-state index in [0.717, 1.165) is 0 Å². The van der Waals surface area contributed by atoms with Gasteiger partial charge in [-0.1, -0.05) is 30.3 Å². The summed E-state index contributed by atoms with van der Waals surface area (Å²) >= 11 is 0. The molecule has 8 nitrogen and oxygen atoms in total. The quantitative estimate of drug-likeness (QED) is 0.610. The number of aromatic nitrogens is 1. The Hall–Kier alpha value is -3.55. The maximum atomic E-state index is 15.1. The van der Waals surface area contributed by atoms with Crippen molar-refractivity contribution in [3.05, 3.63) is 58.6 Å². The molecule has 0 radical (unpaired) electrons. The Balaban J connectivity index is 1.54. The van der Waals surface area contributed by atoms with Crippen LogP contribution < -0.4 is 16.4 Å². The minimum absolute atomic E-state index is 0.191. The largest absolute Gasteiger partial charge is 0.419 e. The molecule has 1 saturated heterocycles. The first-order valence-corrected chi connectivity index (χ1v) is 10.4. The summed E-state index contributed by atoms with van der Waals surface area (Å²) in [4.78, 5) is 24.1. The molecule has 2 atom stereocenters. The molecule has 0 bridgehead atoms. The number of benzene rings is 2. The Bertz CT molecular complexity index is 1250. The number of aryl methyl sites for hydroxylation is 1. The van der Waals surface area contributed by atoms with Crippen LogP contribution in [0.15, 0.2) is 51.7 Å². The van der Waals surface area contributed by atoms with Crippen molar-refractivity contribution in [3.63, 3.8) is 0 Å². The third-order valence-electron chi connectivity index (χ3n) is 5.61. The molecule has 2 aromatic carbocycles. The predicted octanol–water partition coefficient (Wildman–Crippen LogP) is 2.28. The molecule has 0 spiro atoms. The van der Waals surface area contributed by atoms with E-state index in [9.17, 15) is 14.9 Å². The van der Waals surface area contributed by atoms with E-state index >= 15 is 8.78 Å². The molecule has 33 heavy (non-hydrogen) atoms. The summed E-state index contributed by atoms with van der Waals surface area (Å²) in [7, 11) is 1.58. The van der Waals surface area contributed by atoms with Gasteiger partial charge in [-0.25, -0.2) is 4.79 Å². The lowest BCUT2D eigenvalue weighted by molar-refractivity contribution is -0.135. The lowest BCUT2D eigenvalue weighted by Gasteiger charge is -2.25. The summed E-state index contributed by atoms with van der Waals surface area (Å²) in [5, 5.41) is 14.5. The summed E-state index contributed by atoms with van der Waals surface area (Å²) in [5.41, 5.74) is 1.94. The molecule has 2 N–H and O–H groups in total. The van der Waals surface area contributed by atoms with Crippen molar-refractivity contribution in [2.45, 2.75) is 24.5 Å². The number of carbonyl (C=O) groups excluding carboxylic acids is 1. The van der Waals surface area contributed by atoms with Crippen LogP contribution in [0.2, 0.25) is 0 Å². The Morgan fingerprint density at radius 2 is 2.00 bits per heavy atom. The van der Waals surface area contributed by atoms with Gasteiger partial charge in [0.1, 0.15) is 6.10 Å². The van der Waals surface area contributed by atoms with Crippen molar-refractivity contribution >= 4 is 17.0 Å². The van der Waals surface area contributed by atoms with Gasteiger partial charge in [0.05, 0.1) is 11.6 Å². The SMILES string of the molecule is Cn1c(=O)oc2ccc(-c3ccc(C(F)(F)[C@@H](C#N)NC(=O)[C@@H]4CNCCCO4)cc3)cc21. The van der Waals surface area contributed by atoms with Crippen LogP contribution in [0, 0.1) is 11.3 Å². The molecular formula is C23H22F2N4O4. The smallest absolute Gasteiger partial charge is 0.408 e. The first-order valence-electron chi connectivity index (χ1n) is 10.4. The van der Waals surface area contributed by atoms with Crippen LogP contribution >= 0.6 is 0 Å². The van der Waals surface area contributed by atoms with E-state index in [2.05, 4.69) is 10.6 Å². The lowest BCUT2D eigenvalue weighted by Crippen LogP contribution is -2.50. The molecule has 1 aliphatic heterocycles. The van der Waals surface area contributed by atoms with Crippen molar-refractivity contribution in [2.24, 2.45) is 7.05 Å². The van der Waals surface area contributed by atoms with Crippen LogP contribution in [0.1, 0.15) is 12.0 Å². The summed E-state index contributed by atoms with van der Waals surface area (Å²) in [5.74, 6) is -4.88. The summed E-state index contributed by atoms with van der Waals surface area (Å²) in [6.45, 7) is 1.19. The van der Waals surface area contributed by atoms with Gasteiger partial charge in [-0.2, -0.15) is 14.0 Å². The van der Waals surface area contributed by atoms with Crippen molar-refractivity contribution in [2.75, 3.05) is 19.7 Å². The topological polar surface area (TPSA) is 109 Å². The lowest BCUT2D eigenvalue weighted by atomic mass is 9.97. The van der Waals surface area contributed by atoms with Crippen LogP contribution in [0.25, 0.3) is 22.2 Å². The van der Waals surface area contributed by atoms with Gasteiger partial charge in [-0.15, -0.1) is 0 Å². The molecule has 2 heterocycles. The summed E-state index contributed by atoms with van der Waals surface area (Å²) < 4.78 is 42.0. The standard InChI is InChI=1S/C23H22F2N4O4/c1-29-17-11-15(5-8-18(17)33-22(29)31)14-3-6-16(7-4-14)23(24,25)20(12-26)28-21(30)19-13-27-9-2-10-32-19/h3-8,11,19-20,27H,2,9-10,13H2,1H3,(H,28,30)/t19-,20+/m0/s1. The predicted molar refractivity (Wildman–Crippen MR) is 116 cm³/mol. The van der Waals surface area contributed by atoms with Gasteiger partial charge in [0.15, 0.2) is 11.6 Å². The third kappa shape index (κ3) is 4.51. The number of nitrogens with one attached hydrogen (secondary N) is 2. The first-order chi connectivity index (χ1) is 15.8. The molecule has 0 aliphatic carbocycles. The number of rotatable bonds is 5. The highest BCUT2D eigenvalue weighted by Gasteiger charge is 2.43. The molecule has 0 saturated carbocycles. The van der Waals surface area contributed by atoms with Gasteiger partial charge in [0, 0.05) is 25.8 Å². The van der Waals surface area contributed by atoms with Crippen LogP contribution in [0.4, 0.5) is 8.78 Å². The molecule has 1 aromatic heterocycles. The molecule has 172 valence electrons. The number of alkyl halides is 2. The molecule has 1 fully saturated rings. The van der Waals surface area contributed by atoms with Crippen LogP contribution in [0.5, 0.6) is 0 Å². The number of ether oxygens (including phenoxy) is 1. The fourth-order valence-corrected chi connectivity index (χ4v) is 3.68. The van der Waals surface area contributed by atoms with E-state index in [0.29, 0.717) is 41.8 Å². The van der Waals surface area contributed by atoms with Crippen molar-refractivity contribution in [1.82, 2.24) is 15.2 Å². The highest BCUT2D eigenvalue weighted by atomic mass is 19.3. The number of fused-ring (bicyclic) bond motifs is 1. The Morgan fingerprint density at radius 1 is 1.27 bits per heavy atom. The normalized spacial score (nSPS) is 17.8. The van der Waals surface area contributed by atoms with Gasteiger partial charge in [0.25, 0.3) is 5.91 Å². The van der Waals surface area contributed by atoms with Crippen LogP contribution in [-0.4, -0.2) is 42.3 Å². The third-order valence-corrected chi connectivity index (χ3v) is 5.61. The number of amides is 1. The average Bonchev–Trinajstić information content (AvgIpc) is 3.00. The second kappa shape index (κ2) is 9.13. The van der Waals surface area contributed by atoms with Crippen LogP contribution in [0.3, 0.4) is 0 Å². The first kappa shape index (κ1) is 22.6. The molecule has 10 heteroatoms. The molecule has 3 aromatic rings. The summed E-state index contributed by atoms with van der Waals surface area (Å²) in [6.07, 6.45) is -0.229. The van der Waals surface area contributed by atoms with E-state index in [4.69, 9.17) is 9.15 Å². The highest BCUT2D eigenvalue weighted by Crippen LogP contribution is 2.33. The number of nitrogens with zero attached hydrogens (tertiary/aromatic N) is 2.